The molecule has 0 saturated heterocycles. The van der Waals surface area contributed by atoms with Gasteiger partial charge in [0.1, 0.15) is 16.3 Å². The molecule has 0 spiro atoms. The Morgan fingerprint density at radius 2 is 1.65 bits per heavy atom. The van der Waals surface area contributed by atoms with Crippen LogP contribution in [-0.2, 0) is 14.0 Å². The molecule has 3 aromatic rings. The summed E-state index contributed by atoms with van der Waals surface area (Å²) < 4.78 is 21.6. The van der Waals surface area contributed by atoms with E-state index in [-0.39, 0.29) is 34.5 Å². The van der Waals surface area contributed by atoms with E-state index in [1.165, 1.54) is 12.1 Å². The van der Waals surface area contributed by atoms with Crippen molar-refractivity contribution in [1.82, 2.24) is 4.57 Å². The van der Waals surface area contributed by atoms with Gasteiger partial charge in [0.15, 0.2) is 11.4 Å². The molecule has 0 saturated carbocycles. The molecule has 0 fully saturated rings. The number of allylic oxidation sites excluding steroid dienone is 1. The van der Waals surface area contributed by atoms with Gasteiger partial charge < -0.3 is 14.1 Å². The van der Waals surface area contributed by atoms with Crippen molar-refractivity contribution in [2.24, 2.45) is 10.8 Å². The molecule has 1 N–H and O–H groups in total. The van der Waals surface area contributed by atoms with Crippen LogP contribution in [0.25, 0.3) is 28.1 Å². The molecule has 0 radical (unpaired) electrons. The highest BCUT2D eigenvalue weighted by atomic mass is 28.2. The maximum Gasteiger partial charge on any atom is 0.335 e. The van der Waals surface area contributed by atoms with Crippen LogP contribution in [0, 0.1) is 16.6 Å². The number of fused-ring (bicyclic) bond motifs is 1. The summed E-state index contributed by atoms with van der Waals surface area (Å²) in [6, 6.07) is 14.5. The van der Waals surface area contributed by atoms with Crippen molar-refractivity contribution in [3.05, 3.63) is 66.1 Å². The van der Waals surface area contributed by atoms with E-state index in [0.29, 0.717) is 0 Å². The quantitative estimate of drug-likeness (QED) is 0.268. The first kappa shape index (κ1) is 28.5. The van der Waals surface area contributed by atoms with Gasteiger partial charge in [0.05, 0.1) is 5.69 Å². The van der Waals surface area contributed by atoms with Crippen LogP contribution in [0.15, 0.2) is 54.6 Å². The van der Waals surface area contributed by atoms with Crippen LogP contribution in [0.4, 0.5) is 4.39 Å². The van der Waals surface area contributed by atoms with Crippen LogP contribution in [0.1, 0.15) is 66.6 Å². The second kappa shape index (κ2) is 10.4. The topological polar surface area (TPSA) is 68.5 Å². The zero-order chi connectivity index (χ0) is 27.8. The predicted octanol–water partition coefficient (Wildman–Crippen LogP) is 6.19. The number of carboxylic acids is 1. The lowest BCUT2D eigenvalue weighted by Gasteiger charge is -2.51. The van der Waals surface area contributed by atoms with Crippen molar-refractivity contribution in [2.75, 3.05) is 0 Å². The zero-order valence-corrected chi connectivity index (χ0v) is 25.1. The second-order valence-electron chi connectivity index (χ2n) is 11.3. The van der Waals surface area contributed by atoms with Gasteiger partial charge in [0, 0.05) is 34.3 Å². The molecule has 1 aromatic heterocycles. The molecular weight excluding hydrogens is 485 g/mol. The monoisotopic (exact) mass is 523 g/mol. The number of benzene rings is 2. The standard InChI is InChI=1S/C30H38FNO4Si/c1-19(2)32-24-11-9-8-10-23(24)26(20-12-14-21(31)15-13-20)25(32)17-16-22(33)18-29(6,28(3,4)5)30(7,36-37)27(34)35/h8-17,19H,18H2,1-7,37H3,(H,34,35). The smallest absolute Gasteiger partial charge is 0.335 e. The third-order valence-electron chi connectivity index (χ3n) is 8.08. The number of rotatable bonds is 9. The molecule has 3 rings (SSSR count). The van der Waals surface area contributed by atoms with Crippen molar-refractivity contribution < 1.29 is 23.5 Å². The van der Waals surface area contributed by atoms with Gasteiger partial charge in [-0.25, -0.2) is 9.18 Å². The number of carbonyl (C=O) groups excluding carboxylic acids is 1. The molecule has 5 nitrogen and oxygen atoms in total. The Hall–Kier alpha value is -3.03. The number of aliphatic carboxylic acids is 1. The van der Waals surface area contributed by atoms with E-state index in [9.17, 15) is 19.1 Å². The first-order chi connectivity index (χ1) is 17.2. The number of nitrogens with zero attached hydrogens (tertiary/aromatic N) is 1. The molecule has 0 bridgehead atoms. The van der Waals surface area contributed by atoms with E-state index in [4.69, 9.17) is 4.43 Å². The summed E-state index contributed by atoms with van der Waals surface area (Å²) >= 11 is 0. The van der Waals surface area contributed by atoms with E-state index in [1.807, 2.05) is 58.0 Å². The SMILES string of the molecule is CC(C)n1c(C=CC(=O)CC(C)(C(C)(C)C)C(C)(O[SiH3])C(=O)O)c(-c2ccc(F)cc2)c2ccccc21. The molecule has 0 aliphatic rings. The van der Waals surface area contributed by atoms with Crippen molar-refractivity contribution >= 4 is 39.2 Å². The van der Waals surface area contributed by atoms with Gasteiger partial charge >= 0.3 is 5.97 Å². The molecule has 0 aliphatic heterocycles. The maximum absolute atomic E-state index is 13.7. The molecule has 0 amide bonds. The van der Waals surface area contributed by atoms with Gasteiger partial charge in [0.2, 0.25) is 0 Å². The molecule has 2 atom stereocenters. The highest BCUT2D eigenvalue weighted by molar-refractivity contribution is 6.03. The summed E-state index contributed by atoms with van der Waals surface area (Å²) in [6.07, 6.45) is 3.36. The first-order valence-electron chi connectivity index (χ1n) is 12.6. The summed E-state index contributed by atoms with van der Waals surface area (Å²) in [4.78, 5) is 25.8. The van der Waals surface area contributed by atoms with Crippen LogP contribution < -0.4 is 0 Å². The molecular formula is C30H38FNO4Si. The number of carboxylic acid groups (broad SMARTS) is 1. The van der Waals surface area contributed by atoms with Gasteiger partial charge in [-0.15, -0.1) is 0 Å². The highest BCUT2D eigenvalue weighted by Gasteiger charge is 2.57. The van der Waals surface area contributed by atoms with Crippen LogP contribution >= 0.6 is 0 Å². The summed E-state index contributed by atoms with van der Waals surface area (Å²) in [7, 11) is 0.227. The number of carbonyl (C=O) groups is 2. The number of ketones is 1. The Labute approximate surface area is 221 Å². The number of para-hydroxylation sites is 1. The minimum Gasteiger partial charge on any atom is -0.479 e. The van der Waals surface area contributed by atoms with Crippen molar-refractivity contribution in [3.8, 4) is 11.1 Å². The Kier molecular flexibility index (Phi) is 8.01. The first-order valence-corrected chi connectivity index (χ1v) is 13.4. The molecule has 1 heterocycles. The maximum atomic E-state index is 13.7. The molecule has 0 aliphatic carbocycles. The largest absolute Gasteiger partial charge is 0.479 e. The molecule has 7 heteroatoms. The normalized spacial score (nSPS) is 15.8. The van der Waals surface area contributed by atoms with Crippen LogP contribution in [0.2, 0.25) is 0 Å². The molecule has 2 unspecified atom stereocenters. The summed E-state index contributed by atoms with van der Waals surface area (Å²) in [5, 5.41) is 11.1. The Morgan fingerprint density at radius 3 is 2.16 bits per heavy atom. The van der Waals surface area contributed by atoms with E-state index in [2.05, 4.69) is 18.4 Å². The number of hydrogen-bond donors (Lipinski definition) is 1. The van der Waals surface area contributed by atoms with E-state index < -0.39 is 22.4 Å². The van der Waals surface area contributed by atoms with Crippen molar-refractivity contribution in [2.45, 2.75) is 66.5 Å². The molecule has 198 valence electrons. The van der Waals surface area contributed by atoms with Gasteiger partial charge in [-0.05, 0) is 62.1 Å². The summed E-state index contributed by atoms with van der Waals surface area (Å²) in [6.45, 7) is 13.4. The average molecular weight is 524 g/mol. The van der Waals surface area contributed by atoms with Crippen molar-refractivity contribution in [3.63, 3.8) is 0 Å². The van der Waals surface area contributed by atoms with E-state index >= 15 is 0 Å². The second-order valence-corrected chi connectivity index (χ2v) is 11.8. The Balaban J connectivity index is 2.15. The molecule has 37 heavy (non-hydrogen) atoms. The number of halogens is 1. The third-order valence-corrected chi connectivity index (χ3v) is 8.89. The lowest BCUT2D eigenvalue weighted by molar-refractivity contribution is -0.177. The van der Waals surface area contributed by atoms with Gasteiger partial charge in [-0.3, -0.25) is 4.79 Å². The summed E-state index contributed by atoms with van der Waals surface area (Å²) in [5.74, 6) is -1.57. The minimum absolute atomic E-state index is 0.00578. The number of hydrogen-bond acceptors (Lipinski definition) is 3. The zero-order valence-electron chi connectivity index (χ0n) is 23.1. The Morgan fingerprint density at radius 1 is 1.05 bits per heavy atom. The van der Waals surface area contributed by atoms with Crippen LogP contribution in [-0.4, -0.2) is 37.5 Å². The predicted molar refractivity (Wildman–Crippen MR) is 151 cm³/mol. The fraction of sp³-hybridized carbons (Fsp3) is 0.400. The highest BCUT2D eigenvalue weighted by Crippen LogP contribution is 2.51. The fourth-order valence-electron chi connectivity index (χ4n) is 5.20. The summed E-state index contributed by atoms with van der Waals surface area (Å²) in [5.41, 5.74) is 0.629. The lowest BCUT2D eigenvalue weighted by Crippen LogP contribution is -2.58. The van der Waals surface area contributed by atoms with Crippen LogP contribution in [0.5, 0.6) is 0 Å². The number of aromatic nitrogens is 1. The van der Waals surface area contributed by atoms with Crippen molar-refractivity contribution in [1.29, 1.82) is 0 Å². The average Bonchev–Trinajstić information content (AvgIpc) is 3.16. The minimum atomic E-state index is -1.51. The van der Waals surface area contributed by atoms with E-state index in [1.54, 1.807) is 25.1 Å². The fourth-order valence-corrected chi connectivity index (χ4v) is 5.83. The third kappa shape index (κ3) is 5.07. The van der Waals surface area contributed by atoms with E-state index in [0.717, 1.165) is 27.7 Å². The van der Waals surface area contributed by atoms with Gasteiger partial charge in [-0.1, -0.05) is 58.0 Å². The van der Waals surface area contributed by atoms with Gasteiger partial charge in [-0.2, -0.15) is 0 Å². The van der Waals surface area contributed by atoms with Gasteiger partial charge in [0.25, 0.3) is 0 Å². The lowest BCUT2D eigenvalue weighted by atomic mass is 9.57. The Bertz CT molecular complexity index is 1340. The molecule has 2 aromatic carbocycles. The van der Waals surface area contributed by atoms with Crippen LogP contribution in [0.3, 0.4) is 0 Å².